The van der Waals surface area contributed by atoms with Crippen LogP contribution in [0.5, 0.6) is 0 Å². The maximum absolute atomic E-state index is 12.9. The zero-order chi connectivity index (χ0) is 19.5. The van der Waals surface area contributed by atoms with Crippen molar-refractivity contribution in [2.24, 2.45) is 0 Å². The lowest BCUT2D eigenvalue weighted by molar-refractivity contribution is -0.117. The van der Waals surface area contributed by atoms with E-state index < -0.39 is 0 Å². The van der Waals surface area contributed by atoms with Gasteiger partial charge in [0.2, 0.25) is 5.91 Å². The molecule has 0 saturated carbocycles. The van der Waals surface area contributed by atoms with Crippen molar-refractivity contribution in [3.8, 4) is 0 Å². The van der Waals surface area contributed by atoms with Gasteiger partial charge in [0.15, 0.2) is 5.82 Å². The van der Waals surface area contributed by atoms with E-state index in [0.717, 1.165) is 16.6 Å². The van der Waals surface area contributed by atoms with Crippen LogP contribution in [0.4, 0.5) is 11.5 Å². The quantitative estimate of drug-likeness (QED) is 0.753. The number of nitrogens with zero attached hydrogens (tertiary/aromatic N) is 3. The van der Waals surface area contributed by atoms with Gasteiger partial charge in [-0.2, -0.15) is 5.10 Å². The molecule has 2 aromatic carbocycles. The van der Waals surface area contributed by atoms with Crippen LogP contribution in [0, 0.1) is 6.92 Å². The molecule has 0 radical (unpaired) electrons. The maximum atomic E-state index is 12.9. The molecule has 0 bridgehead atoms. The number of rotatable bonds is 4. The number of aryl methyl sites for hydroxylation is 1. The van der Waals surface area contributed by atoms with E-state index >= 15 is 0 Å². The van der Waals surface area contributed by atoms with Crippen LogP contribution in [0.2, 0.25) is 0 Å². The molecule has 1 aromatic heterocycles. The first kappa shape index (κ1) is 18.2. The Balaban J connectivity index is 1.68. The first-order valence-corrected chi connectivity index (χ1v) is 9.31. The van der Waals surface area contributed by atoms with Gasteiger partial charge in [0.25, 0.3) is 5.56 Å². The lowest BCUT2D eigenvalue weighted by Crippen LogP contribution is -2.39. The normalized spacial score (nSPS) is 14.2. The fourth-order valence-corrected chi connectivity index (χ4v) is 3.37. The van der Waals surface area contributed by atoms with Gasteiger partial charge in [-0.15, -0.1) is 0 Å². The van der Waals surface area contributed by atoms with Crippen molar-refractivity contribution in [3.63, 3.8) is 0 Å². The number of amides is 1. The Bertz CT molecular complexity index is 1070. The molecule has 1 fully saturated rings. The van der Waals surface area contributed by atoms with Crippen LogP contribution in [0.1, 0.15) is 5.56 Å². The molecule has 7 nitrogen and oxygen atoms in total. The van der Waals surface area contributed by atoms with Crippen molar-refractivity contribution in [2.75, 3.05) is 36.5 Å². The van der Waals surface area contributed by atoms with Crippen LogP contribution in [0.25, 0.3) is 10.8 Å². The predicted octanol–water partition coefficient (Wildman–Crippen LogP) is 2.18. The third-order valence-electron chi connectivity index (χ3n) is 4.87. The Kier molecular flexibility index (Phi) is 5.08. The summed E-state index contributed by atoms with van der Waals surface area (Å²) >= 11 is 0. The third kappa shape index (κ3) is 3.61. The number of hydrogen-bond donors (Lipinski definition) is 1. The molecule has 4 rings (SSSR count). The molecule has 28 heavy (non-hydrogen) atoms. The monoisotopic (exact) mass is 378 g/mol. The molecular formula is C21H22N4O3. The van der Waals surface area contributed by atoms with Gasteiger partial charge >= 0.3 is 0 Å². The second-order valence-electron chi connectivity index (χ2n) is 6.79. The van der Waals surface area contributed by atoms with E-state index in [0.29, 0.717) is 37.5 Å². The predicted molar refractivity (Wildman–Crippen MR) is 109 cm³/mol. The van der Waals surface area contributed by atoms with Crippen LogP contribution >= 0.6 is 0 Å². The summed E-state index contributed by atoms with van der Waals surface area (Å²) in [5, 5.41) is 8.76. The number of morpholine rings is 1. The molecule has 2 heterocycles. The van der Waals surface area contributed by atoms with Crippen molar-refractivity contribution < 1.29 is 9.53 Å². The molecule has 1 saturated heterocycles. The second kappa shape index (κ2) is 7.82. The van der Waals surface area contributed by atoms with Crippen molar-refractivity contribution in [1.29, 1.82) is 0 Å². The van der Waals surface area contributed by atoms with Crippen molar-refractivity contribution >= 4 is 28.2 Å². The maximum Gasteiger partial charge on any atom is 0.275 e. The highest BCUT2D eigenvalue weighted by Gasteiger charge is 2.19. The molecule has 7 heteroatoms. The van der Waals surface area contributed by atoms with Crippen molar-refractivity contribution in [1.82, 2.24) is 9.78 Å². The summed E-state index contributed by atoms with van der Waals surface area (Å²) in [6, 6.07) is 14.9. The molecule has 1 N–H and O–H groups in total. The fraction of sp³-hybridized carbons (Fsp3) is 0.286. The van der Waals surface area contributed by atoms with Gasteiger partial charge in [-0.05, 0) is 24.6 Å². The van der Waals surface area contributed by atoms with Crippen LogP contribution in [0.3, 0.4) is 0 Å². The number of benzene rings is 2. The summed E-state index contributed by atoms with van der Waals surface area (Å²) in [4.78, 5) is 27.6. The number of carbonyl (C=O) groups is 1. The highest BCUT2D eigenvalue weighted by atomic mass is 16.5. The van der Waals surface area contributed by atoms with Crippen LogP contribution in [0.15, 0.2) is 53.3 Å². The van der Waals surface area contributed by atoms with E-state index in [1.165, 1.54) is 4.68 Å². The van der Waals surface area contributed by atoms with Crippen LogP contribution in [-0.2, 0) is 16.1 Å². The number of ether oxygens (including phenoxy) is 1. The summed E-state index contributed by atoms with van der Waals surface area (Å²) < 4.78 is 6.68. The van der Waals surface area contributed by atoms with E-state index in [2.05, 4.69) is 15.3 Å². The number of fused-ring (bicyclic) bond motifs is 1. The summed E-state index contributed by atoms with van der Waals surface area (Å²) in [6.07, 6.45) is 0. The summed E-state index contributed by atoms with van der Waals surface area (Å²) in [7, 11) is 0. The molecule has 0 aliphatic carbocycles. The molecule has 0 unspecified atom stereocenters. The average molecular weight is 378 g/mol. The molecule has 1 aliphatic rings. The standard InChI is InChI=1S/C21H22N4O3/c1-15-6-2-5-9-18(15)22-19(26)14-25-21(27)17-8-4-3-7-16(17)20(23-25)24-10-12-28-13-11-24/h2-9H,10-14H2,1H3,(H,22,26). The Labute approximate surface area is 162 Å². The van der Waals surface area contributed by atoms with Gasteiger partial charge in [0.1, 0.15) is 6.54 Å². The van der Waals surface area contributed by atoms with E-state index in [1.807, 2.05) is 49.4 Å². The first-order chi connectivity index (χ1) is 13.6. The molecule has 144 valence electrons. The van der Waals surface area contributed by atoms with Gasteiger partial charge < -0.3 is 15.0 Å². The Morgan fingerprint density at radius 3 is 2.50 bits per heavy atom. The molecule has 0 spiro atoms. The molecule has 1 aliphatic heterocycles. The summed E-state index contributed by atoms with van der Waals surface area (Å²) in [6.45, 7) is 4.41. The third-order valence-corrected chi connectivity index (χ3v) is 4.87. The van der Waals surface area contributed by atoms with Crippen LogP contribution in [-0.4, -0.2) is 42.0 Å². The van der Waals surface area contributed by atoms with Gasteiger partial charge in [0.05, 0.1) is 18.6 Å². The van der Waals surface area contributed by atoms with E-state index in [4.69, 9.17) is 4.74 Å². The van der Waals surface area contributed by atoms with Crippen molar-refractivity contribution in [3.05, 3.63) is 64.4 Å². The van der Waals surface area contributed by atoms with E-state index in [1.54, 1.807) is 6.07 Å². The number of nitrogens with one attached hydrogen (secondary N) is 1. The van der Waals surface area contributed by atoms with E-state index in [-0.39, 0.29) is 18.0 Å². The number of carbonyl (C=O) groups excluding carboxylic acids is 1. The zero-order valence-electron chi connectivity index (χ0n) is 15.7. The second-order valence-corrected chi connectivity index (χ2v) is 6.79. The minimum atomic E-state index is -0.285. The average Bonchev–Trinajstić information content (AvgIpc) is 2.72. The van der Waals surface area contributed by atoms with Gasteiger partial charge in [0, 0.05) is 24.2 Å². The highest BCUT2D eigenvalue weighted by molar-refractivity contribution is 5.93. The number of para-hydroxylation sites is 1. The Morgan fingerprint density at radius 2 is 1.75 bits per heavy atom. The van der Waals surface area contributed by atoms with E-state index in [9.17, 15) is 9.59 Å². The van der Waals surface area contributed by atoms with Crippen LogP contribution < -0.4 is 15.8 Å². The summed E-state index contributed by atoms with van der Waals surface area (Å²) in [5.41, 5.74) is 1.42. The lowest BCUT2D eigenvalue weighted by atomic mass is 10.1. The zero-order valence-corrected chi connectivity index (χ0v) is 15.7. The number of hydrogen-bond acceptors (Lipinski definition) is 5. The largest absolute Gasteiger partial charge is 0.378 e. The minimum absolute atomic E-state index is 0.144. The smallest absolute Gasteiger partial charge is 0.275 e. The molecule has 0 atom stereocenters. The van der Waals surface area contributed by atoms with Gasteiger partial charge in [-0.25, -0.2) is 4.68 Å². The molecule has 3 aromatic rings. The molecule has 1 amide bonds. The topological polar surface area (TPSA) is 76.5 Å². The first-order valence-electron chi connectivity index (χ1n) is 9.31. The van der Waals surface area contributed by atoms with Gasteiger partial charge in [-0.1, -0.05) is 36.4 Å². The number of anilines is 2. The lowest BCUT2D eigenvalue weighted by Gasteiger charge is -2.29. The van der Waals surface area contributed by atoms with Crippen molar-refractivity contribution in [2.45, 2.75) is 13.5 Å². The van der Waals surface area contributed by atoms with Gasteiger partial charge in [-0.3, -0.25) is 9.59 Å². The minimum Gasteiger partial charge on any atom is -0.378 e. The Hall–Kier alpha value is -3.19. The highest BCUT2D eigenvalue weighted by Crippen LogP contribution is 2.22. The Morgan fingerprint density at radius 1 is 1.07 bits per heavy atom. The SMILES string of the molecule is Cc1ccccc1NC(=O)Cn1nc(N2CCOCC2)c2ccccc2c1=O. The summed E-state index contributed by atoms with van der Waals surface area (Å²) in [5.74, 6) is 0.425. The molecular weight excluding hydrogens is 356 g/mol. The fourth-order valence-electron chi connectivity index (χ4n) is 3.37. The number of aromatic nitrogens is 2.